The maximum Gasteiger partial charge on any atom is 0.335 e. The van der Waals surface area contributed by atoms with Gasteiger partial charge in [-0.1, -0.05) is 0 Å². The predicted molar refractivity (Wildman–Crippen MR) is 44.3 cm³/mol. The Labute approximate surface area is 63.2 Å². The van der Waals surface area contributed by atoms with Crippen molar-refractivity contribution in [2.24, 2.45) is 0 Å². The Kier molecular flexibility index (Phi) is 4.56. The van der Waals surface area contributed by atoms with Crippen molar-refractivity contribution in [3.8, 4) is 0 Å². The van der Waals surface area contributed by atoms with E-state index in [2.05, 4.69) is 12.6 Å². The summed E-state index contributed by atoms with van der Waals surface area (Å²) in [6.45, 7) is 2.03. The van der Waals surface area contributed by atoms with Crippen LogP contribution in [0, 0.1) is 0 Å². The van der Waals surface area contributed by atoms with E-state index in [4.69, 9.17) is 8.85 Å². The second-order valence-electron chi connectivity index (χ2n) is 2.02. The van der Waals surface area contributed by atoms with Crippen LogP contribution in [-0.4, -0.2) is 28.5 Å². The molecule has 4 heteroatoms. The summed E-state index contributed by atoms with van der Waals surface area (Å²) in [5, 5.41) is 0. The fraction of sp³-hybridized carbons (Fsp3) is 1.00. The first kappa shape index (κ1) is 9.49. The summed E-state index contributed by atoms with van der Waals surface area (Å²) in [5.74, 6) is 0.838. The number of hydrogen-bond donors (Lipinski definition) is 1. The second kappa shape index (κ2) is 4.33. The Morgan fingerprint density at radius 3 is 1.89 bits per heavy atom. The fourth-order valence-electron chi connectivity index (χ4n) is 0.491. The third-order valence-corrected chi connectivity index (χ3v) is 4.96. The van der Waals surface area contributed by atoms with E-state index in [1.807, 2.05) is 6.55 Å². The lowest BCUT2D eigenvalue weighted by molar-refractivity contribution is 0.251. The van der Waals surface area contributed by atoms with Crippen molar-refractivity contribution in [2.45, 2.75) is 12.6 Å². The fourth-order valence-corrected chi connectivity index (χ4v) is 2.69. The molecule has 0 aliphatic rings. The highest BCUT2D eigenvalue weighted by molar-refractivity contribution is 7.80. The molecule has 9 heavy (non-hydrogen) atoms. The number of hydrogen-bond acceptors (Lipinski definition) is 3. The molecule has 0 heterocycles. The number of thiol groups is 1. The molecule has 0 N–H and O–H groups in total. The minimum absolute atomic E-state index is 0.838. The predicted octanol–water partition coefficient (Wildman–Crippen LogP) is 1.28. The minimum atomic E-state index is -1.77. The van der Waals surface area contributed by atoms with Gasteiger partial charge in [0.15, 0.2) is 0 Å². The average molecular weight is 166 g/mol. The summed E-state index contributed by atoms with van der Waals surface area (Å²) in [5.41, 5.74) is 0. The van der Waals surface area contributed by atoms with Crippen LogP contribution in [0.25, 0.3) is 0 Å². The van der Waals surface area contributed by atoms with Crippen LogP contribution in [0.2, 0.25) is 12.6 Å². The zero-order valence-corrected chi connectivity index (χ0v) is 8.07. The van der Waals surface area contributed by atoms with Gasteiger partial charge < -0.3 is 8.85 Å². The van der Waals surface area contributed by atoms with Gasteiger partial charge in [-0.15, -0.1) is 0 Å². The summed E-state index contributed by atoms with van der Waals surface area (Å²) in [6, 6.07) is 0.948. The topological polar surface area (TPSA) is 18.5 Å². The second-order valence-corrected chi connectivity index (χ2v) is 6.05. The SMILES string of the molecule is CO[Si](C)(CCS)OC. The van der Waals surface area contributed by atoms with E-state index in [-0.39, 0.29) is 0 Å². The molecule has 0 aromatic heterocycles. The van der Waals surface area contributed by atoms with Gasteiger partial charge in [0, 0.05) is 14.2 Å². The molecule has 0 aliphatic carbocycles. The first-order chi connectivity index (χ1) is 4.18. The van der Waals surface area contributed by atoms with Crippen LogP contribution in [0.4, 0.5) is 0 Å². The number of rotatable bonds is 4. The van der Waals surface area contributed by atoms with Gasteiger partial charge in [-0.3, -0.25) is 0 Å². The molecule has 0 spiro atoms. The highest BCUT2D eigenvalue weighted by Crippen LogP contribution is 2.10. The molecule has 2 nitrogen and oxygen atoms in total. The Hall–Kier alpha value is 0.487. The van der Waals surface area contributed by atoms with E-state index in [9.17, 15) is 0 Å². The average Bonchev–Trinajstić information content (AvgIpc) is 1.89. The summed E-state index contributed by atoms with van der Waals surface area (Å²) >= 11 is 4.10. The largest absolute Gasteiger partial charge is 0.398 e. The molecule has 0 aromatic carbocycles. The van der Waals surface area contributed by atoms with E-state index in [0.29, 0.717) is 0 Å². The quantitative estimate of drug-likeness (QED) is 0.501. The van der Waals surface area contributed by atoms with Crippen LogP contribution in [-0.2, 0) is 8.85 Å². The van der Waals surface area contributed by atoms with E-state index in [1.54, 1.807) is 14.2 Å². The summed E-state index contributed by atoms with van der Waals surface area (Å²) in [4.78, 5) is 0. The highest BCUT2D eigenvalue weighted by atomic mass is 32.1. The maximum atomic E-state index is 5.20. The van der Waals surface area contributed by atoms with Crippen LogP contribution in [0.3, 0.4) is 0 Å². The first-order valence-corrected chi connectivity index (χ1v) is 6.05. The molecule has 0 rings (SSSR count). The molecule has 0 saturated heterocycles. The molecular formula is C5H14O2SSi. The molecule has 0 unspecified atom stereocenters. The summed E-state index contributed by atoms with van der Waals surface area (Å²) in [6.07, 6.45) is 0. The third kappa shape index (κ3) is 3.25. The van der Waals surface area contributed by atoms with Gasteiger partial charge >= 0.3 is 8.56 Å². The van der Waals surface area contributed by atoms with E-state index in [0.717, 1.165) is 11.8 Å². The summed E-state index contributed by atoms with van der Waals surface area (Å²) in [7, 11) is 1.61. The zero-order chi connectivity index (χ0) is 7.33. The van der Waals surface area contributed by atoms with Gasteiger partial charge in [-0.05, 0) is 18.3 Å². The molecule has 0 radical (unpaired) electrons. The molecule has 0 fully saturated rings. The van der Waals surface area contributed by atoms with Gasteiger partial charge in [-0.25, -0.2) is 0 Å². The minimum Gasteiger partial charge on any atom is -0.398 e. The molecule has 56 valence electrons. The van der Waals surface area contributed by atoms with Gasteiger partial charge in [0.1, 0.15) is 0 Å². The molecule has 0 atom stereocenters. The Bertz CT molecular complexity index is 75.4. The van der Waals surface area contributed by atoms with Crippen molar-refractivity contribution in [1.29, 1.82) is 0 Å². The molecule has 0 bridgehead atoms. The highest BCUT2D eigenvalue weighted by Gasteiger charge is 2.26. The van der Waals surface area contributed by atoms with Crippen molar-refractivity contribution in [3.63, 3.8) is 0 Å². The van der Waals surface area contributed by atoms with Crippen molar-refractivity contribution >= 4 is 21.2 Å². The van der Waals surface area contributed by atoms with Crippen LogP contribution >= 0.6 is 12.6 Å². The van der Waals surface area contributed by atoms with Gasteiger partial charge in [0.2, 0.25) is 0 Å². The molecular weight excluding hydrogens is 152 g/mol. The van der Waals surface area contributed by atoms with Gasteiger partial charge in [0.25, 0.3) is 0 Å². The van der Waals surface area contributed by atoms with Crippen molar-refractivity contribution in [2.75, 3.05) is 20.0 Å². The van der Waals surface area contributed by atoms with E-state index < -0.39 is 8.56 Å². The molecule has 0 aliphatic heterocycles. The van der Waals surface area contributed by atoms with Gasteiger partial charge in [0.05, 0.1) is 0 Å². The summed E-state index contributed by atoms with van der Waals surface area (Å²) < 4.78 is 10.4. The lowest BCUT2D eigenvalue weighted by atomic mass is 11.0. The van der Waals surface area contributed by atoms with Crippen molar-refractivity contribution in [1.82, 2.24) is 0 Å². The normalized spacial score (nSPS) is 12.0. The smallest absolute Gasteiger partial charge is 0.335 e. The Balaban J connectivity index is 3.62. The molecule has 0 amide bonds. The van der Waals surface area contributed by atoms with Crippen LogP contribution in [0.15, 0.2) is 0 Å². The Morgan fingerprint density at radius 1 is 1.33 bits per heavy atom. The molecule has 0 saturated carbocycles. The van der Waals surface area contributed by atoms with Crippen molar-refractivity contribution < 1.29 is 8.85 Å². The third-order valence-electron chi connectivity index (χ3n) is 1.43. The maximum absolute atomic E-state index is 5.20. The zero-order valence-electron chi connectivity index (χ0n) is 6.18. The molecule has 0 aromatic rings. The van der Waals surface area contributed by atoms with E-state index >= 15 is 0 Å². The lowest BCUT2D eigenvalue weighted by Crippen LogP contribution is -2.36. The van der Waals surface area contributed by atoms with Crippen LogP contribution < -0.4 is 0 Å². The van der Waals surface area contributed by atoms with Crippen molar-refractivity contribution in [3.05, 3.63) is 0 Å². The monoisotopic (exact) mass is 166 g/mol. The Morgan fingerprint density at radius 2 is 1.78 bits per heavy atom. The van der Waals surface area contributed by atoms with E-state index in [1.165, 1.54) is 0 Å². The van der Waals surface area contributed by atoms with Crippen LogP contribution in [0.1, 0.15) is 0 Å². The standard InChI is InChI=1S/C5H14O2SSi/c1-6-9(3,7-2)5-4-8/h8H,4-5H2,1-3H3. The van der Waals surface area contributed by atoms with Crippen LogP contribution in [0.5, 0.6) is 0 Å². The lowest BCUT2D eigenvalue weighted by Gasteiger charge is -2.21. The van der Waals surface area contributed by atoms with Gasteiger partial charge in [-0.2, -0.15) is 12.6 Å². The first-order valence-electron chi connectivity index (χ1n) is 2.89.